The zero-order valence-electron chi connectivity index (χ0n) is 41.5. The molecule has 0 aromatic carbocycles. The normalized spacial score (nSPS) is 12.7. The van der Waals surface area contributed by atoms with Crippen molar-refractivity contribution in [2.45, 2.75) is 347 Å². The predicted octanol–water partition coefficient (Wildman–Crippen LogP) is 18.4. The molecule has 0 aromatic rings. The number of carbonyl (C=O) groups excluding carboxylic acids is 1. The molecule has 0 rings (SSSR count). The van der Waals surface area contributed by atoms with Crippen LogP contribution in [0.25, 0.3) is 0 Å². The van der Waals surface area contributed by atoms with Crippen LogP contribution < -0.4 is 5.32 Å². The summed E-state index contributed by atoms with van der Waals surface area (Å²) in [4.78, 5) is 12.5. The van der Waals surface area contributed by atoms with Crippen LogP contribution in [0.15, 0.2) is 0 Å². The lowest BCUT2D eigenvalue weighted by molar-refractivity contribution is -0.123. The van der Waals surface area contributed by atoms with Crippen LogP contribution in [0, 0.1) is 0 Å². The predicted molar refractivity (Wildman–Crippen MR) is 267 cm³/mol. The SMILES string of the molecule is CCCCCCCCCCCCCCCCCCCCCCCCCCCC(O)C(CO)NC(=O)CCCCCCCCCCCCCCCCCCCCCCCCC. The van der Waals surface area contributed by atoms with Gasteiger partial charge < -0.3 is 15.5 Å². The highest BCUT2D eigenvalue weighted by Crippen LogP contribution is 2.18. The molecule has 4 nitrogen and oxygen atoms in total. The first kappa shape index (κ1) is 59.4. The van der Waals surface area contributed by atoms with E-state index in [1.54, 1.807) is 0 Å². The second-order valence-corrected chi connectivity index (χ2v) is 19.7. The molecule has 0 saturated carbocycles. The van der Waals surface area contributed by atoms with Gasteiger partial charge in [0.1, 0.15) is 0 Å². The molecule has 1 amide bonds. The van der Waals surface area contributed by atoms with E-state index in [0.717, 1.165) is 25.7 Å². The van der Waals surface area contributed by atoms with Crippen LogP contribution in [-0.2, 0) is 4.79 Å². The van der Waals surface area contributed by atoms with Gasteiger partial charge in [0.05, 0.1) is 18.8 Å². The lowest BCUT2D eigenvalue weighted by Crippen LogP contribution is -2.45. The fourth-order valence-electron chi connectivity index (χ4n) is 9.31. The monoisotopic (exact) mass is 848 g/mol. The van der Waals surface area contributed by atoms with Crippen LogP contribution in [0.4, 0.5) is 0 Å². The van der Waals surface area contributed by atoms with E-state index in [0.29, 0.717) is 12.8 Å². The van der Waals surface area contributed by atoms with Gasteiger partial charge in [-0.3, -0.25) is 4.79 Å². The summed E-state index contributed by atoms with van der Waals surface area (Å²) in [6.07, 6.45) is 66.6. The second kappa shape index (κ2) is 52.7. The van der Waals surface area contributed by atoms with E-state index in [-0.39, 0.29) is 12.5 Å². The van der Waals surface area contributed by atoms with Gasteiger partial charge in [-0.05, 0) is 12.8 Å². The lowest BCUT2D eigenvalue weighted by atomic mass is 10.0. The Hall–Kier alpha value is -0.610. The number of rotatable bonds is 53. The van der Waals surface area contributed by atoms with Gasteiger partial charge in [0.15, 0.2) is 0 Å². The van der Waals surface area contributed by atoms with Crippen molar-refractivity contribution in [3.05, 3.63) is 0 Å². The highest BCUT2D eigenvalue weighted by molar-refractivity contribution is 5.76. The molecule has 2 unspecified atom stereocenters. The summed E-state index contributed by atoms with van der Waals surface area (Å²) in [6.45, 7) is 4.41. The van der Waals surface area contributed by atoms with E-state index >= 15 is 0 Å². The Balaban J connectivity index is 3.40. The summed E-state index contributed by atoms with van der Waals surface area (Å²) in [5.41, 5.74) is 0. The van der Waals surface area contributed by atoms with Gasteiger partial charge in [-0.1, -0.05) is 316 Å². The molecule has 3 N–H and O–H groups in total. The van der Waals surface area contributed by atoms with E-state index in [1.807, 2.05) is 0 Å². The average molecular weight is 849 g/mol. The summed E-state index contributed by atoms with van der Waals surface area (Å²) in [6, 6.07) is -0.531. The Morgan fingerprint density at radius 3 is 0.750 bits per heavy atom. The Morgan fingerprint density at radius 2 is 0.533 bits per heavy atom. The zero-order chi connectivity index (χ0) is 43.5. The Bertz CT molecular complexity index is 788. The first-order chi connectivity index (χ1) is 29.7. The van der Waals surface area contributed by atoms with Crippen molar-refractivity contribution in [1.29, 1.82) is 0 Å². The molecule has 0 radical (unpaired) electrons. The molecule has 4 heteroatoms. The largest absolute Gasteiger partial charge is 0.394 e. The van der Waals surface area contributed by atoms with Crippen LogP contribution in [0.5, 0.6) is 0 Å². The van der Waals surface area contributed by atoms with Crippen LogP contribution in [0.3, 0.4) is 0 Å². The van der Waals surface area contributed by atoms with Crippen molar-refractivity contribution in [3.8, 4) is 0 Å². The van der Waals surface area contributed by atoms with Crippen molar-refractivity contribution in [2.24, 2.45) is 0 Å². The van der Waals surface area contributed by atoms with Gasteiger partial charge in [0.2, 0.25) is 5.91 Å². The van der Waals surface area contributed by atoms with Crippen LogP contribution >= 0.6 is 0 Å². The van der Waals surface area contributed by atoms with E-state index in [4.69, 9.17) is 0 Å². The van der Waals surface area contributed by atoms with Gasteiger partial charge in [-0.25, -0.2) is 0 Å². The van der Waals surface area contributed by atoms with Gasteiger partial charge >= 0.3 is 0 Å². The summed E-state index contributed by atoms with van der Waals surface area (Å²) in [7, 11) is 0. The number of amides is 1. The van der Waals surface area contributed by atoms with Crippen molar-refractivity contribution in [2.75, 3.05) is 6.61 Å². The van der Waals surface area contributed by atoms with E-state index in [2.05, 4.69) is 19.2 Å². The molecule has 0 heterocycles. The Morgan fingerprint density at radius 1 is 0.333 bits per heavy atom. The first-order valence-electron chi connectivity index (χ1n) is 28.2. The zero-order valence-corrected chi connectivity index (χ0v) is 41.5. The Labute approximate surface area is 378 Å². The van der Waals surface area contributed by atoms with Gasteiger partial charge in [0, 0.05) is 6.42 Å². The smallest absolute Gasteiger partial charge is 0.220 e. The molecule has 60 heavy (non-hydrogen) atoms. The number of carbonyl (C=O) groups is 1. The standard InChI is InChI=1S/C56H113NO3/c1-3-5-7-9-11-13-15-17-19-21-23-25-27-28-30-31-33-35-37-39-41-43-45-47-49-51-55(59)54(53-58)57-56(60)52-50-48-46-44-42-40-38-36-34-32-29-26-24-22-20-18-16-14-12-10-8-6-4-2/h54-55,58-59H,3-53H2,1-2H3,(H,57,60). The first-order valence-corrected chi connectivity index (χ1v) is 28.2. The fourth-order valence-corrected chi connectivity index (χ4v) is 9.31. The number of hydrogen-bond donors (Lipinski definition) is 3. The molecular formula is C56H113NO3. The minimum atomic E-state index is -0.655. The molecule has 0 bridgehead atoms. The maximum atomic E-state index is 12.5. The van der Waals surface area contributed by atoms with Crippen molar-refractivity contribution in [1.82, 2.24) is 5.32 Å². The molecular weight excluding hydrogens is 735 g/mol. The maximum Gasteiger partial charge on any atom is 0.220 e. The van der Waals surface area contributed by atoms with Gasteiger partial charge in [-0.2, -0.15) is 0 Å². The molecule has 2 atom stereocenters. The molecule has 0 aromatic heterocycles. The molecule has 0 spiro atoms. The summed E-state index contributed by atoms with van der Waals surface area (Å²) < 4.78 is 0. The number of aliphatic hydroxyl groups is 2. The number of aliphatic hydroxyl groups excluding tert-OH is 2. The van der Waals surface area contributed by atoms with Crippen molar-refractivity contribution >= 4 is 5.91 Å². The lowest BCUT2D eigenvalue weighted by Gasteiger charge is -2.22. The van der Waals surface area contributed by atoms with Crippen LogP contribution in [0.1, 0.15) is 335 Å². The summed E-state index contributed by atoms with van der Waals surface area (Å²) >= 11 is 0. The summed E-state index contributed by atoms with van der Waals surface area (Å²) in [5.74, 6) is -0.0218. The number of nitrogens with one attached hydrogen (secondary N) is 1. The number of unbranched alkanes of at least 4 members (excludes halogenated alkanes) is 46. The molecule has 0 saturated heterocycles. The fraction of sp³-hybridized carbons (Fsp3) is 0.982. The molecule has 360 valence electrons. The number of hydrogen-bond acceptors (Lipinski definition) is 3. The third-order valence-electron chi connectivity index (χ3n) is 13.6. The van der Waals surface area contributed by atoms with Crippen molar-refractivity contribution < 1.29 is 15.0 Å². The van der Waals surface area contributed by atoms with E-state index < -0.39 is 12.1 Å². The third-order valence-corrected chi connectivity index (χ3v) is 13.6. The maximum absolute atomic E-state index is 12.5. The van der Waals surface area contributed by atoms with E-state index in [1.165, 1.54) is 283 Å². The van der Waals surface area contributed by atoms with Gasteiger partial charge in [0.25, 0.3) is 0 Å². The topological polar surface area (TPSA) is 69.6 Å². The Kier molecular flexibility index (Phi) is 52.2. The molecule has 0 aliphatic heterocycles. The van der Waals surface area contributed by atoms with E-state index in [9.17, 15) is 15.0 Å². The minimum Gasteiger partial charge on any atom is -0.394 e. The minimum absolute atomic E-state index is 0.0218. The van der Waals surface area contributed by atoms with Gasteiger partial charge in [-0.15, -0.1) is 0 Å². The molecule has 0 fully saturated rings. The third kappa shape index (κ3) is 48.4. The van der Waals surface area contributed by atoms with Crippen LogP contribution in [0.2, 0.25) is 0 Å². The molecule has 0 aliphatic rings. The summed E-state index contributed by atoms with van der Waals surface area (Å²) in [5, 5.41) is 23.4. The average Bonchev–Trinajstić information content (AvgIpc) is 3.25. The van der Waals surface area contributed by atoms with Crippen molar-refractivity contribution in [3.63, 3.8) is 0 Å². The second-order valence-electron chi connectivity index (χ2n) is 19.7. The quantitative estimate of drug-likeness (QED) is 0.0534. The highest BCUT2D eigenvalue weighted by Gasteiger charge is 2.20. The molecule has 0 aliphatic carbocycles. The highest BCUT2D eigenvalue weighted by atomic mass is 16.3. The van der Waals surface area contributed by atoms with Crippen LogP contribution in [-0.4, -0.2) is 34.9 Å².